The van der Waals surface area contributed by atoms with Gasteiger partial charge in [0.05, 0.1) is 6.54 Å². The van der Waals surface area contributed by atoms with Crippen molar-refractivity contribution in [1.29, 1.82) is 0 Å². The Kier molecular flexibility index (Phi) is 7.56. The minimum atomic E-state index is -0.682. The molecular formula is C17H29N3OS2. The van der Waals surface area contributed by atoms with Crippen molar-refractivity contribution in [3.05, 3.63) is 21.9 Å². The molecule has 0 bridgehead atoms. The van der Waals surface area contributed by atoms with Crippen molar-refractivity contribution >= 4 is 28.1 Å². The number of aliphatic imine (C=N–C) groups is 1. The van der Waals surface area contributed by atoms with E-state index in [0.717, 1.165) is 43.9 Å². The molecule has 3 atom stereocenters. The van der Waals surface area contributed by atoms with Gasteiger partial charge in [-0.05, 0) is 45.2 Å². The van der Waals surface area contributed by atoms with Crippen molar-refractivity contribution in [2.24, 2.45) is 4.99 Å². The maximum atomic E-state index is 12.1. The summed E-state index contributed by atoms with van der Waals surface area (Å²) in [6.45, 7) is 7.79. The van der Waals surface area contributed by atoms with E-state index in [4.69, 9.17) is 4.99 Å². The van der Waals surface area contributed by atoms with Crippen LogP contribution >= 0.6 is 11.3 Å². The molecule has 0 radical (unpaired) electrons. The summed E-state index contributed by atoms with van der Waals surface area (Å²) in [5, 5.41) is 7.23. The van der Waals surface area contributed by atoms with Gasteiger partial charge in [-0.2, -0.15) is 0 Å². The SMILES string of the molecule is CCNC(=NCc1ccc(C)s1)NC1CCCC(S(=O)CC)C1. The summed E-state index contributed by atoms with van der Waals surface area (Å²) in [5.41, 5.74) is 0. The van der Waals surface area contributed by atoms with Gasteiger partial charge in [0.15, 0.2) is 5.96 Å². The van der Waals surface area contributed by atoms with Crippen LogP contribution in [0.25, 0.3) is 0 Å². The summed E-state index contributed by atoms with van der Waals surface area (Å²) in [7, 11) is -0.682. The summed E-state index contributed by atoms with van der Waals surface area (Å²) < 4.78 is 12.1. The summed E-state index contributed by atoms with van der Waals surface area (Å²) in [6.07, 6.45) is 4.38. The van der Waals surface area contributed by atoms with Gasteiger partial charge < -0.3 is 10.6 Å². The van der Waals surface area contributed by atoms with Gasteiger partial charge in [0.2, 0.25) is 0 Å². The van der Waals surface area contributed by atoms with Crippen LogP contribution in [0.5, 0.6) is 0 Å². The third-order valence-electron chi connectivity index (χ3n) is 4.16. The molecule has 1 aliphatic carbocycles. The van der Waals surface area contributed by atoms with Crippen molar-refractivity contribution in [2.45, 2.75) is 64.3 Å². The predicted molar refractivity (Wildman–Crippen MR) is 102 cm³/mol. The third kappa shape index (κ3) is 5.92. The molecule has 1 heterocycles. The molecule has 0 amide bonds. The minimum absolute atomic E-state index is 0.342. The van der Waals surface area contributed by atoms with Gasteiger partial charge in [0.25, 0.3) is 0 Å². The van der Waals surface area contributed by atoms with Gasteiger partial charge >= 0.3 is 0 Å². The van der Waals surface area contributed by atoms with Crippen molar-refractivity contribution in [3.63, 3.8) is 0 Å². The molecule has 6 heteroatoms. The zero-order valence-corrected chi connectivity index (χ0v) is 16.1. The average Bonchev–Trinajstić information content (AvgIpc) is 2.98. The lowest BCUT2D eigenvalue weighted by atomic mass is 9.95. The van der Waals surface area contributed by atoms with E-state index in [1.165, 1.54) is 9.75 Å². The first kappa shape index (κ1) is 18.5. The van der Waals surface area contributed by atoms with Crippen LogP contribution in [-0.2, 0) is 17.3 Å². The van der Waals surface area contributed by atoms with E-state index in [-0.39, 0.29) is 0 Å². The zero-order valence-electron chi connectivity index (χ0n) is 14.4. The van der Waals surface area contributed by atoms with Crippen LogP contribution in [0.15, 0.2) is 17.1 Å². The highest BCUT2D eigenvalue weighted by Gasteiger charge is 2.25. The van der Waals surface area contributed by atoms with E-state index >= 15 is 0 Å². The van der Waals surface area contributed by atoms with Crippen molar-refractivity contribution in [2.75, 3.05) is 12.3 Å². The van der Waals surface area contributed by atoms with Crippen molar-refractivity contribution < 1.29 is 4.21 Å². The molecule has 3 unspecified atom stereocenters. The number of guanidine groups is 1. The highest BCUT2D eigenvalue weighted by Crippen LogP contribution is 2.23. The molecule has 4 nitrogen and oxygen atoms in total. The summed E-state index contributed by atoms with van der Waals surface area (Å²) in [4.78, 5) is 7.32. The lowest BCUT2D eigenvalue weighted by Gasteiger charge is -2.30. The number of thiophene rings is 1. The van der Waals surface area contributed by atoms with Crippen LogP contribution in [-0.4, -0.2) is 33.8 Å². The standard InChI is InChI=1S/C17H29N3OS2/c1-4-18-17(19-12-15-10-9-13(3)22-15)20-14-7-6-8-16(11-14)23(21)5-2/h9-10,14,16H,4-8,11-12H2,1-3H3,(H2,18,19,20). The first-order valence-electron chi connectivity index (χ1n) is 8.59. The van der Waals surface area contributed by atoms with E-state index < -0.39 is 10.8 Å². The lowest BCUT2D eigenvalue weighted by Crippen LogP contribution is -2.46. The Hall–Kier alpha value is -0.880. The lowest BCUT2D eigenvalue weighted by molar-refractivity contribution is 0.413. The van der Waals surface area contributed by atoms with Crippen molar-refractivity contribution in [1.82, 2.24) is 10.6 Å². The van der Waals surface area contributed by atoms with Crippen LogP contribution in [0.3, 0.4) is 0 Å². The first-order valence-corrected chi connectivity index (χ1v) is 10.8. The largest absolute Gasteiger partial charge is 0.357 e. The van der Waals surface area contributed by atoms with E-state index in [1.807, 2.05) is 6.92 Å². The molecule has 2 N–H and O–H groups in total. The number of hydrogen-bond donors (Lipinski definition) is 2. The number of hydrogen-bond acceptors (Lipinski definition) is 3. The molecule has 2 rings (SSSR count). The quantitative estimate of drug-likeness (QED) is 0.609. The molecule has 0 saturated heterocycles. The zero-order chi connectivity index (χ0) is 16.7. The maximum Gasteiger partial charge on any atom is 0.191 e. The van der Waals surface area contributed by atoms with Gasteiger partial charge in [-0.3, -0.25) is 4.21 Å². The Morgan fingerprint density at radius 3 is 2.87 bits per heavy atom. The van der Waals surface area contributed by atoms with E-state index in [9.17, 15) is 4.21 Å². The van der Waals surface area contributed by atoms with Crippen LogP contribution in [0.4, 0.5) is 0 Å². The average molecular weight is 356 g/mol. The Balaban J connectivity index is 1.93. The minimum Gasteiger partial charge on any atom is -0.357 e. The molecule has 23 heavy (non-hydrogen) atoms. The second kappa shape index (κ2) is 9.42. The number of rotatable bonds is 6. The van der Waals surface area contributed by atoms with Crippen molar-refractivity contribution in [3.8, 4) is 0 Å². The molecule has 0 spiro atoms. The Morgan fingerprint density at radius 1 is 1.39 bits per heavy atom. The molecule has 1 aromatic heterocycles. The van der Waals surface area contributed by atoms with Gasteiger partial charge in [0.1, 0.15) is 0 Å². The second-order valence-electron chi connectivity index (χ2n) is 6.01. The summed E-state index contributed by atoms with van der Waals surface area (Å²) >= 11 is 1.80. The molecule has 1 fully saturated rings. The Morgan fingerprint density at radius 2 is 2.22 bits per heavy atom. The van der Waals surface area contributed by atoms with Gasteiger partial charge in [-0.15, -0.1) is 11.3 Å². The van der Waals surface area contributed by atoms with Crippen LogP contribution in [0.2, 0.25) is 0 Å². The van der Waals surface area contributed by atoms with Gasteiger partial charge in [-0.1, -0.05) is 13.3 Å². The van der Waals surface area contributed by atoms with Gasteiger partial charge in [-0.25, -0.2) is 4.99 Å². The fourth-order valence-electron chi connectivity index (χ4n) is 2.99. The third-order valence-corrected chi connectivity index (χ3v) is 6.88. The van der Waals surface area contributed by atoms with Crippen LogP contribution in [0, 0.1) is 6.92 Å². The number of nitrogens with zero attached hydrogens (tertiary/aromatic N) is 1. The van der Waals surface area contributed by atoms with Gasteiger partial charge in [0, 0.05) is 44.1 Å². The number of aryl methyl sites for hydroxylation is 1. The molecule has 0 aliphatic heterocycles. The second-order valence-corrected chi connectivity index (χ2v) is 9.38. The summed E-state index contributed by atoms with van der Waals surface area (Å²) in [6, 6.07) is 4.67. The van der Waals surface area contributed by atoms with E-state index in [1.54, 1.807) is 11.3 Å². The maximum absolute atomic E-state index is 12.1. The smallest absolute Gasteiger partial charge is 0.191 e. The Bertz CT molecular complexity index is 542. The molecule has 1 aliphatic rings. The highest BCUT2D eigenvalue weighted by atomic mass is 32.2. The van der Waals surface area contributed by atoms with E-state index in [2.05, 4.69) is 36.6 Å². The van der Waals surface area contributed by atoms with E-state index in [0.29, 0.717) is 17.8 Å². The molecular weight excluding hydrogens is 326 g/mol. The molecule has 1 saturated carbocycles. The van der Waals surface area contributed by atoms with Crippen LogP contribution < -0.4 is 10.6 Å². The molecule has 0 aromatic carbocycles. The predicted octanol–water partition coefficient (Wildman–Crippen LogP) is 3.19. The number of nitrogens with one attached hydrogen (secondary N) is 2. The Labute approximate surface area is 146 Å². The fourth-order valence-corrected chi connectivity index (χ4v) is 5.15. The first-order chi connectivity index (χ1) is 11.1. The molecule has 1 aromatic rings. The fraction of sp³-hybridized carbons (Fsp3) is 0.706. The highest BCUT2D eigenvalue weighted by molar-refractivity contribution is 7.85. The molecule has 130 valence electrons. The normalized spacial score (nSPS) is 23.5. The van der Waals surface area contributed by atoms with Crippen LogP contribution in [0.1, 0.15) is 49.3 Å². The summed E-state index contributed by atoms with van der Waals surface area (Å²) in [5.74, 6) is 1.65. The topological polar surface area (TPSA) is 53.5 Å². The monoisotopic (exact) mass is 355 g/mol.